The molecular weight excluding hydrogens is 210 g/mol. The molecule has 6 heteroatoms. The van der Waals surface area contributed by atoms with Crippen molar-refractivity contribution in [2.45, 2.75) is 0 Å². The fourth-order valence-corrected chi connectivity index (χ4v) is 1.12. The first kappa shape index (κ1) is 10.6. The first-order valence-electron chi connectivity index (χ1n) is 3.72. The third-order valence-electron chi connectivity index (χ3n) is 1.57. The Kier molecular flexibility index (Phi) is 3.14. The van der Waals surface area contributed by atoms with E-state index < -0.39 is 11.9 Å². The average Bonchev–Trinajstić information content (AvgIpc) is 2.48. The van der Waals surface area contributed by atoms with Gasteiger partial charge in [-0.3, -0.25) is 9.59 Å². The topological polar surface area (TPSA) is 70.8 Å². The number of likely N-dealkylation sites (N-methyl/N-ethyl adjacent to an activating group) is 1. The number of nitrogens with zero attached hydrogens (tertiary/aromatic N) is 1. The van der Waals surface area contributed by atoms with Crippen molar-refractivity contribution in [2.24, 2.45) is 0 Å². The van der Waals surface area contributed by atoms with Crippen molar-refractivity contribution >= 4 is 23.5 Å². The number of furan rings is 1. The summed E-state index contributed by atoms with van der Waals surface area (Å²) in [5, 5.41) is 8.41. The summed E-state index contributed by atoms with van der Waals surface area (Å²) in [7, 11) is 1.37. The Morgan fingerprint density at radius 3 is 2.71 bits per heavy atom. The smallest absolute Gasteiger partial charge is 0.323 e. The predicted octanol–water partition coefficient (Wildman–Crippen LogP) is 1.09. The minimum absolute atomic E-state index is 0.0350. The third-order valence-corrected chi connectivity index (χ3v) is 1.86. The number of rotatable bonds is 3. The van der Waals surface area contributed by atoms with Crippen LogP contribution in [0.15, 0.2) is 16.7 Å². The van der Waals surface area contributed by atoms with E-state index in [1.54, 1.807) is 0 Å². The number of carboxylic acid groups (broad SMARTS) is 1. The van der Waals surface area contributed by atoms with Gasteiger partial charge in [-0.1, -0.05) is 0 Å². The zero-order valence-corrected chi connectivity index (χ0v) is 8.11. The molecule has 1 amide bonds. The molecule has 0 aliphatic rings. The predicted molar refractivity (Wildman–Crippen MR) is 48.3 cm³/mol. The van der Waals surface area contributed by atoms with Gasteiger partial charge in [0.25, 0.3) is 5.91 Å². The summed E-state index contributed by atoms with van der Waals surface area (Å²) in [6.07, 6.45) is 1.27. The number of carbonyl (C=O) groups excluding carboxylic acids is 1. The standard InChI is InChI=1S/C8H8ClNO4/c1-10(4-6(11)12)8(13)5-2-3-14-7(5)9/h2-3H,4H2,1H3,(H,11,12). The molecule has 0 spiro atoms. The van der Waals surface area contributed by atoms with E-state index in [9.17, 15) is 9.59 Å². The molecule has 1 aromatic rings. The van der Waals surface area contributed by atoms with Crippen molar-refractivity contribution in [1.82, 2.24) is 4.90 Å². The highest BCUT2D eigenvalue weighted by Gasteiger charge is 2.18. The molecule has 0 unspecified atom stereocenters. The molecule has 0 fully saturated rings. The van der Waals surface area contributed by atoms with Crippen LogP contribution in [0.3, 0.4) is 0 Å². The molecule has 0 aliphatic heterocycles. The first-order valence-corrected chi connectivity index (χ1v) is 4.10. The lowest BCUT2D eigenvalue weighted by Crippen LogP contribution is -2.31. The van der Waals surface area contributed by atoms with E-state index in [1.807, 2.05) is 0 Å². The van der Waals surface area contributed by atoms with Crippen molar-refractivity contribution in [1.29, 1.82) is 0 Å². The highest BCUT2D eigenvalue weighted by molar-refractivity contribution is 6.32. The number of aliphatic carboxylic acids is 1. The highest BCUT2D eigenvalue weighted by atomic mass is 35.5. The maximum Gasteiger partial charge on any atom is 0.323 e. The molecule has 1 heterocycles. The highest BCUT2D eigenvalue weighted by Crippen LogP contribution is 2.17. The molecule has 1 N–H and O–H groups in total. The molecule has 1 rings (SSSR count). The van der Waals surface area contributed by atoms with Crippen LogP contribution in [-0.2, 0) is 4.79 Å². The second kappa shape index (κ2) is 4.15. The Morgan fingerprint density at radius 2 is 2.29 bits per heavy atom. The van der Waals surface area contributed by atoms with Gasteiger partial charge in [-0.25, -0.2) is 0 Å². The van der Waals surface area contributed by atoms with E-state index in [-0.39, 0.29) is 17.3 Å². The van der Waals surface area contributed by atoms with Crippen LogP contribution in [0.1, 0.15) is 10.4 Å². The SMILES string of the molecule is CN(CC(=O)O)C(=O)c1ccoc1Cl. The second-order valence-electron chi connectivity index (χ2n) is 2.66. The van der Waals surface area contributed by atoms with Gasteiger partial charge in [0.15, 0.2) is 0 Å². The number of amides is 1. The lowest BCUT2D eigenvalue weighted by atomic mass is 10.3. The zero-order valence-electron chi connectivity index (χ0n) is 7.36. The van der Waals surface area contributed by atoms with Gasteiger partial charge in [0.2, 0.25) is 5.22 Å². The summed E-state index contributed by atoms with van der Waals surface area (Å²) >= 11 is 5.55. The molecule has 0 radical (unpaired) electrons. The van der Waals surface area contributed by atoms with E-state index >= 15 is 0 Å². The molecule has 0 atom stereocenters. The van der Waals surface area contributed by atoms with E-state index in [0.29, 0.717) is 0 Å². The van der Waals surface area contributed by atoms with Gasteiger partial charge in [0.1, 0.15) is 6.54 Å². The number of carboxylic acids is 1. The van der Waals surface area contributed by atoms with E-state index in [0.717, 1.165) is 4.90 Å². The van der Waals surface area contributed by atoms with Crippen LogP contribution >= 0.6 is 11.6 Å². The van der Waals surface area contributed by atoms with E-state index in [2.05, 4.69) is 0 Å². The Bertz CT molecular complexity index is 360. The van der Waals surface area contributed by atoms with Gasteiger partial charge in [0, 0.05) is 7.05 Å². The molecule has 5 nitrogen and oxygen atoms in total. The van der Waals surface area contributed by atoms with Gasteiger partial charge in [-0.2, -0.15) is 0 Å². The second-order valence-corrected chi connectivity index (χ2v) is 3.01. The molecule has 0 saturated heterocycles. The monoisotopic (exact) mass is 217 g/mol. The van der Waals surface area contributed by atoms with Crippen molar-refractivity contribution in [2.75, 3.05) is 13.6 Å². The van der Waals surface area contributed by atoms with Crippen LogP contribution in [0, 0.1) is 0 Å². The maximum absolute atomic E-state index is 11.5. The minimum Gasteiger partial charge on any atom is -0.480 e. The van der Waals surface area contributed by atoms with Crippen LogP contribution in [0.5, 0.6) is 0 Å². The zero-order chi connectivity index (χ0) is 10.7. The fraction of sp³-hybridized carbons (Fsp3) is 0.250. The third kappa shape index (κ3) is 2.26. The molecule has 0 bridgehead atoms. The van der Waals surface area contributed by atoms with Gasteiger partial charge in [0.05, 0.1) is 11.8 Å². The summed E-state index contributed by atoms with van der Waals surface area (Å²) in [5.41, 5.74) is 0.162. The number of halogens is 1. The Hall–Kier alpha value is -1.49. The Labute approximate surface area is 84.9 Å². The minimum atomic E-state index is -1.08. The molecular formula is C8H8ClNO4. The van der Waals surface area contributed by atoms with Crippen LogP contribution in [0.2, 0.25) is 5.22 Å². The molecule has 76 valence electrons. The molecule has 0 aromatic carbocycles. The molecule has 0 saturated carbocycles. The molecule has 14 heavy (non-hydrogen) atoms. The van der Waals surface area contributed by atoms with Crippen molar-refractivity contribution < 1.29 is 19.1 Å². The summed E-state index contributed by atoms with van der Waals surface area (Å²) in [6.45, 7) is -0.375. The fourth-order valence-electron chi connectivity index (χ4n) is 0.926. The average molecular weight is 218 g/mol. The summed E-state index contributed by atoms with van der Waals surface area (Å²) < 4.78 is 4.71. The van der Waals surface area contributed by atoms with Crippen molar-refractivity contribution in [3.63, 3.8) is 0 Å². The lowest BCUT2D eigenvalue weighted by Gasteiger charge is -2.12. The quantitative estimate of drug-likeness (QED) is 0.823. The molecule has 0 aliphatic carbocycles. The van der Waals surface area contributed by atoms with E-state index in [4.69, 9.17) is 21.1 Å². The number of carbonyl (C=O) groups is 2. The maximum atomic E-state index is 11.5. The van der Waals surface area contributed by atoms with Gasteiger partial charge in [-0.15, -0.1) is 0 Å². The van der Waals surface area contributed by atoms with Gasteiger partial charge >= 0.3 is 5.97 Å². The Morgan fingerprint density at radius 1 is 1.64 bits per heavy atom. The van der Waals surface area contributed by atoms with Crippen LogP contribution in [0.25, 0.3) is 0 Å². The first-order chi connectivity index (χ1) is 6.52. The van der Waals surface area contributed by atoms with Crippen LogP contribution < -0.4 is 0 Å². The van der Waals surface area contributed by atoms with Gasteiger partial charge < -0.3 is 14.4 Å². The summed E-state index contributed by atoms with van der Waals surface area (Å²) in [4.78, 5) is 22.8. The largest absolute Gasteiger partial charge is 0.480 e. The van der Waals surface area contributed by atoms with E-state index in [1.165, 1.54) is 19.4 Å². The van der Waals surface area contributed by atoms with Crippen molar-refractivity contribution in [3.05, 3.63) is 23.1 Å². The number of hydrogen-bond acceptors (Lipinski definition) is 3. The summed E-state index contributed by atoms with van der Waals surface area (Å²) in [5.74, 6) is -1.56. The normalized spacial score (nSPS) is 9.86. The molecule has 1 aromatic heterocycles. The lowest BCUT2D eigenvalue weighted by molar-refractivity contribution is -0.137. The van der Waals surface area contributed by atoms with Crippen LogP contribution in [0.4, 0.5) is 0 Å². The number of hydrogen-bond donors (Lipinski definition) is 1. The van der Waals surface area contributed by atoms with Crippen molar-refractivity contribution in [3.8, 4) is 0 Å². The van der Waals surface area contributed by atoms with Gasteiger partial charge in [-0.05, 0) is 17.7 Å². The Balaban J connectivity index is 2.76. The summed E-state index contributed by atoms with van der Waals surface area (Å²) in [6, 6.07) is 1.39. The van der Waals surface area contributed by atoms with Crippen LogP contribution in [-0.4, -0.2) is 35.5 Å².